The number of hydrogen-bond acceptors (Lipinski definition) is 3. The van der Waals surface area contributed by atoms with Crippen molar-refractivity contribution < 1.29 is 19.4 Å². The largest absolute Gasteiger partial charge is 0.481 e. The van der Waals surface area contributed by atoms with Crippen LogP contribution < -0.4 is 0 Å². The second-order valence-electron chi connectivity index (χ2n) is 2.72. The Morgan fingerprint density at radius 3 is 2.46 bits per heavy atom. The summed E-state index contributed by atoms with van der Waals surface area (Å²) in [5.74, 6) is -1.14. The van der Waals surface area contributed by atoms with Gasteiger partial charge in [0, 0.05) is 6.42 Å². The normalized spacial score (nSPS) is 11.1. The number of aliphatic carboxylic acids is 1. The number of carbonyl (C=O) groups excluding carboxylic acids is 1. The van der Waals surface area contributed by atoms with Crippen LogP contribution in [0.1, 0.15) is 26.2 Å². The molecule has 4 heteroatoms. The maximum atomic E-state index is 10.7. The first-order chi connectivity index (χ1) is 6.06. The minimum absolute atomic E-state index is 0.101. The van der Waals surface area contributed by atoms with Crippen LogP contribution in [-0.4, -0.2) is 24.2 Å². The minimum atomic E-state index is -0.828. The second kappa shape index (κ2) is 6.22. The van der Waals surface area contributed by atoms with Crippen LogP contribution >= 0.6 is 0 Å². The number of hydrogen-bond donors (Lipinski definition) is 1. The van der Waals surface area contributed by atoms with Gasteiger partial charge >= 0.3 is 11.9 Å². The van der Waals surface area contributed by atoms with Crippen molar-refractivity contribution in [2.24, 2.45) is 0 Å². The fraction of sp³-hybridized carbons (Fsp3) is 0.556. The van der Waals surface area contributed by atoms with Crippen molar-refractivity contribution in [2.75, 3.05) is 7.11 Å². The fourth-order valence-electron chi connectivity index (χ4n) is 0.747. The first kappa shape index (κ1) is 11.7. The Hall–Kier alpha value is -1.32. The Bertz CT molecular complexity index is 218. The van der Waals surface area contributed by atoms with Crippen LogP contribution in [-0.2, 0) is 14.3 Å². The summed E-state index contributed by atoms with van der Waals surface area (Å²) >= 11 is 0. The zero-order valence-corrected chi connectivity index (χ0v) is 7.87. The summed E-state index contributed by atoms with van der Waals surface area (Å²) in [4.78, 5) is 20.9. The summed E-state index contributed by atoms with van der Waals surface area (Å²) < 4.78 is 4.43. The Labute approximate surface area is 77.2 Å². The molecule has 74 valence electrons. The molecule has 13 heavy (non-hydrogen) atoms. The number of rotatable bonds is 5. The Balaban J connectivity index is 3.75. The topological polar surface area (TPSA) is 63.6 Å². The van der Waals surface area contributed by atoms with Gasteiger partial charge in [0.05, 0.1) is 13.5 Å². The summed E-state index contributed by atoms with van der Waals surface area (Å²) in [7, 11) is 1.32. The van der Waals surface area contributed by atoms with Gasteiger partial charge in [0.25, 0.3) is 0 Å². The smallest absolute Gasteiger partial charge is 0.309 e. The van der Waals surface area contributed by atoms with Gasteiger partial charge in [-0.05, 0) is 13.3 Å². The number of esters is 1. The minimum Gasteiger partial charge on any atom is -0.481 e. The third-order valence-electron chi connectivity index (χ3n) is 1.58. The van der Waals surface area contributed by atoms with Gasteiger partial charge in [-0.25, -0.2) is 0 Å². The lowest BCUT2D eigenvalue weighted by atomic mass is 10.1. The molecule has 0 aromatic heterocycles. The first-order valence-corrected chi connectivity index (χ1v) is 4.00. The molecule has 0 heterocycles. The molecule has 0 saturated heterocycles. The highest BCUT2D eigenvalue weighted by Crippen LogP contribution is 2.05. The van der Waals surface area contributed by atoms with Crippen molar-refractivity contribution in [2.45, 2.75) is 26.2 Å². The van der Waals surface area contributed by atoms with E-state index in [9.17, 15) is 9.59 Å². The van der Waals surface area contributed by atoms with Crippen molar-refractivity contribution in [3.05, 3.63) is 11.6 Å². The summed E-state index contributed by atoms with van der Waals surface area (Å²) in [6, 6.07) is 0. The van der Waals surface area contributed by atoms with E-state index in [1.54, 1.807) is 13.0 Å². The standard InChI is InChI=1S/C9H14O4/c1-7(3-5-8(10)11)4-6-9(12)13-2/h4H,3,5-6H2,1-2H3,(H,10,11). The predicted octanol–water partition coefficient (Wildman–Crippen LogP) is 1.36. The number of carboxylic acid groups (broad SMARTS) is 1. The van der Waals surface area contributed by atoms with Gasteiger partial charge in [0.2, 0.25) is 0 Å². The van der Waals surface area contributed by atoms with E-state index in [0.29, 0.717) is 6.42 Å². The van der Waals surface area contributed by atoms with Gasteiger partial charge in [-0.1, -0.05) is 11.6 Å². The Kier molecular flexibility index (Phi) is 5.59. The van der Waals surface area contributed by atoms with E-state index in [0.717, 1.165) is 5.57 Å². The van der Waals surface area contributed by atoms with Gasteiger partial charge in [-0.3, -0.25) is 9.59 Å². The zero-order valence-electron chi connectivity index (χ0n) is 7.87. The lowest BCUT2D eigenvalue weighted by Crippen LogP contribution is -1.98. The van der Waals surface area contributed by atoms with Crippen LogP contribution in [0.3, 0.4) is 0 Å². The first-order valence-electron chi connectivity index (χ1n) is 4.00. The molecule has 0 atom stereocenters. The van der Waals surface area contributed by atoms with Gasteiger partial charge in [0.15, 0.2) is 0 Å². The number of carbonyl (C=O) groups is 2. The highest BCUT2D eigenvalue weighted by atomic mass is 16.5. The molecular formula is C9H14O4. The molecule has 0 aliphatic rings. The van der Waals surface area contributed by atoms with Gasteiger partial charge in [-0.15, -0.1) is 0 Å². The van der Waals surface area contributed by atoms with Crippen LogP contribution in [0, 0.1) is 0 Å². The summed E-state index contributed by atoms with van der Waals surface area (Å²) in [5, 5.41) is 8.37. The maximum absolute atomic E-state index is 10.7. The predicted molar refractivity (Wildman–Crippen MR) is 47.3 cm³/mol. The number of methoxy groups -OCH3 is 1. The molecule has 4 nitrogen and oxygen atoms in total. The van der Waals surface area contributed by atoms with Gasteiger partial charge < -0.3 is 9.84 Å². The van der Waals surface area contributed by atoms with E-state index in [1.807, 2.05) is 0 Å². The molecule has 0 radical (unpaired) electrons. The van der Waals surface area contributed by atoms with E-state index >= 15 is 0 Å². The monoisotopic (exact) mass is 186 g/mol. The lowest BCUT2D eigenvalue weighted by Gasteiger charge is -1.97. The van der Waals surface area contributed by atoms with Crippen molar-refractivity contribution in [1.29, 1.82) is 0 Å². The van der Waals surface area contributed by atoms with E-state index < -0.39 is 5.97 Å². The third-order valence-corrected chi connectivity index (χ3v) is 1.58. The number of ether oxygens (including phenoxy) is 1. The van der Waals surface area contributed by atoms with Crippen molar-refractivity contribution in [3.63, 3.8) is 0 Å². The van der Waals surface area contributed by atoms with E-state index in [1.165, 1.54) is 7.11 Å². The Morgan fingerprint density at radius 2 is 2.00 bits per heavy atom. The third kappa shape index (κ3) is 7.05. The molecular weight excluding hydrogens is 172 g/mol. The lowest BCUT2D eigenvalue weighted by molar-refractivity contribution is -0.139. The number of carboxylic acids is 1. The van der Waals surface area contributed by atoms with Crippen LogP contribution in [0.4, 0.5) is 0 Å². The van der Waals surface area contributed by atoms with Gasteiger partial charge in [-0.2, -0.15) is 0 Å². The summed E-state index contributed by atoms with van der Waals surface area (Å²) in [5.41, 5.74) is 0.896. The van der Waals surface area contributed by atoms with Crippen molar-refractivity contribution in [1.82, 2.24) is 0 Å². The average molecular weight is 186 g/mol. The van der Waals surface area contributed by atoms with Crippen LogP contribution in [0.25, 0.3) is 0 Å². The van der Waals surface area contributed by atoms with Crippen LogP contribution in [0.2, 0.25) is 0 Å². The summed E-state index contributed by atoms with van der Waals surface area (Å²) in [6.07, 6.45) is 2.48. The van der Waals surface area contributed by atoms with Crippen molar-refractivity contribution >= 4 is 11.9 Å². The summed E-state index contributed by atoms with van der Waals surface area (Å²) in [6.45, 7) is 1.80. The molecule has 0 rings (SSSR count). The molecule has 0 aliphatic heterocycles. The quantitative estimate of drug-likeness (QED) is 0.520. The van der Waals surface area contributed by atoms with Crippen molar-refractivity contribution in [3.8, 4) is 0 Å². The fourth-order valence-corrected chi connectivity index (χ4v) is 0.747. The molecule has 0 spiro atoms. The molecule has 0 aromatic rings. The highest BCUT2D eigenvalue weighted by molar-refractivity contribution is 5.71. The molecule has 0 aromatic carbocycles. The molecule has 0 amide bonds. The Morgan fingerprint density at radius 1 is 1.38 bits per heavy atom. The molecule has 0 aliphatic carbocycles. The molecule has 1 N–H and O–H groups in total. The van der Waals surface area contributed by atoms with E-state index in [2.05, 4.69) is 4.74 Å². The van der Waals surface area contributed by atoms with E-state index in [-0.39, 0.29) is 18.8 Å². The SMILES string of the molecule is COC(=O)CC=C(C)CCC(=O)O. The average Bonchev–Trinajstić information content (AvgIpc) is 2.10. The molecule has 0 fully saturated rings. The maximum Gasteiger partial charge on any atom is 0.309 e. The molecule has 0 bridgehead atoms. The van der Waals surface area contributed by atoms with Gasteiger partial charge in [0.1, 0.15) is 0 Å². The van der Waals surface area contributed by atoms with Crippen LogP contribution in [0.15, 0.2) is 11.6 Å². The molecule has 0 saturated carbocycles. The zero-order chi connectivity index (χ0) is 10.3. The number of allylic oxidation sites excluding steroid dienone is 1. The van der Waals surface area contributed by atoms with Crippen LogP contribution in [0.5, 0.6) is 0 Å². The van der Waals surface area contributed by atoms with E-state index in [4.69, 9.17) is 5.11 Å². The highest BCUT2D eigenvalue weighted by Gasteiger charge is 1.99. The second-order valence-corrected chi connectivity index (χ2v) is 2.72. The molecule has 0 unspecified atom stereocenters.